The van der Waals surface area contributed by atoms with Gasteiger partial charge in [0.25, 0.3) is 0 Å². The number of halogens is 3. The zero-order valence-corrected chi connectivity index (χ0v) is 13.5. The molecule has 1 unspecified atom stereocenters. The Hall–Kier alpha value is -2.89. The molecule has 1 N–H and O–H groups in total. The van der Waals surface area contributed by atoms with Crippen molar-refractivity contribution in [3.8, 4) is 0 Å². The summed E-state index contributed by atoms with van der Waals surface area (Å²) < 4.78 is 38.7. The van der Waals surface area contributed by atoms with Gasteiger partial charge in [-0.3, -0.25) is 4.98 Å². The van der Waals surface area contributed by atoms with E-state index in [1.165, 1.54) is 12.1 Å². The Bertz CT molecular complexity index is 848. The molecule has 6 heteroatoms. The van der Waals surface area contributed by atoms with Gasteiger partial charge in [0.15, 0.2) is 0 Å². The molecule has 1 aromatic carbocycles. The van der Waals surface area contributed by atoms with E-state index in [1.54, 1.807) is 12.3 Å². The van der Waals surface area contributed by atoms with E-state index in [9.17, 15) is 13.2 Å². The Morgan fingerprint density at radius 3 is 2.44 bits per heavy atom. The molecule has 2 heterocycles. The maximum absolute atomic E-state index is 12.9. The lowest BCUT2D eigenvalue weighted by atomic mass is 10.0. The average molecular weight is 343 g/mol. The number of hydrogen-bond donors (Lipinski definition) is 1. The van der Waals surface area contributed by atoms with E-state index in [2.05, 4.69) is 15.3 Å². The Morgan fingerprint density at radius 2 is 1.76 bits per heavy atom. The lowest BCUT2D eigenvalue weighted by Gasteiger charge is -2.20. The summed E-state index contributed by atoms with van der Waals surface area (Å²) in [5.74, 6) is 0.145. The van der Waals surface area contributed by atoms with Crippen molar-refractivity contribution in [1.82, 2.24) is 9.97 Å². The second kappa shape index (κ2) is 6.93. The van der Waals surface area contributed by atoms with Crippen molar-refractivity contribution >= 4 is 5.82 Å². The van der Waals surface area contributed by atoms with E-state index in [-0.39, 0.29) is 5.82 Å². The topological polar surface area (TPSA) is 37.8 Å². The van der Waals surface area contributed by atoms with Gasteiger partial charge in [0.05, 0.1) is 11.7 Å². The fourth-order valence-electron chi connectivity index (χ4n) is 2.55. The summed E-state index contributed by atoms with van der Waals surface area (Å²) >= 11 is 0. The SMILES string of the molecule is Cc1cccc(C(Nc2cccc(C(F)(F)F)n2)c2ccccn2)c1. The van der Waals surface area contributed by atoms with Gasteiger partial charge >= 0.3 is 6.18 Å². The standard InChI is InChI=1S/C19H16F3N3/c1-13-6-4-7-14(12-13)18(15-8-2-3-11-23-15)25-17-10-5-9-16(24-17)19(20,21)22/h2-12,18H,1H3,(H,24,25). The van der Waals surface area contributed by atoms with Crippen LogP contribution in [0, 0.1) is 6.92 Å². The first-order valence-electron chi connectivity index (χ1n) is 7.72. The Morgan fingerprint density at radius 1 is 0.960 bits per heavy atom. The van der Waals surface area contributed by atoms with E-state index in [0.29, 0.717) is 5.69 Å². The third kappa shape index (κ3) is 4.15. The molecule has 0 saturated heterocycles. The van der Waals surface area contributed by atoms with Gasteiger partial charge in [0.2, 0.25) is 0 Å². The molecule has 0 aliphatic rings. The van der Waals surface area contributed by atoms with Gasteiger partial charge in [-0.25, -0.2) is 4.98 Å². The highest BCUT2D eigenvalue weighted by atomic mass is 19.4. The van der Waals surface area contributed by atoms with Crippen molar-refractivity contribution in [3.63, 3.8) is 0 Å². The highest BCUT2D eigenvalue weighted by Crippen LogP contribution is 2.30. The van der Waals surface area contributed by atoms with E-state index in [4.69, 9.17) is 0 Å². The van der Waals surface area contributed by atoms with Gasteiger partial charge < -0.3 is 5.32 Å². The first-order chi connectivity index (χ1) is 11.9. The molecule has 0 aliphatic heterocycles. The Kier molecular flexibility index (Phi) is 4.70. The molecule has 128 valence electrons. The van der Waals surface area contributed by atoms with Gasteiger partial charge in [-0.1, -0.05) is 42.0 Å². The summed E-state index contributed by atoms with van der Waals surface area (Å²) in [5.41, 5.74) is 1.73. The fraction of sp³-hybridized carbons (Fsp3) is 0.158. The van der Waals surface area contributed by atoms with Crippen LogP contribution in [0.2, 0.25) is 0 Å². The minimum atomic E-state index is -4.48. The number of hydrogen-bond acceptors (Lipinski definition) is 3. The summed E-state index contributed by atoms with van der Waals surface area (Å²) in [7, 11) is 0. The van der Waals surface area contributed by atoms with Gasteiger partial charge in [0, 0.05) is 6.20 Å². The van der Waals surface area contributed by atoms with Crippen LogP contribution in [0.15, 0.2) is 66.9 Å². The van der Waals surface area contributed by atoms with Crippen LogP contribution in [0.4, 0.5) is 19.0 Å². The molecule has 25 heavy (non-hydrogen) atoms. The fourth-order valence-corrected chi connectivity index (χ4v) is 2.55. The molecule has 0 saturated carbocycles. The zero-order valence-electron chi connectivity index (χ0n) is 13.5. The molecule has 0 spiro atoms. The molecule has 0 fully saturated rings. The van der Waals surface area contributed by atoms with Gasteiger partial charge in [-0.2, -0.15) is 13.2 Å². The van der Waals surface area contributed by atoms with Crippen LogP contribution in [0.1, 0.15) is 28.6 Å². The maximum Gasteiger partial charge on any atom is 0.433 e. The molecule has 0 amide bonds. The van der Waals surface area contributed by atoms with Gasteiger partial charge in [0.1, 0.15) is 11.5 Å². The van der Waals surface area contributed by atoms with Crippen LogP contribution >= 0.6 is 0 Å². The van der Waals surface area contributed by atoms with Gasteiger partial charge in [-0.15, -0.1) is 0 Å². The monoisotopic (exact) mass is 343 g/mol. The lowest BCUT2D eigenvalue weighted by Crippen LogP contribution is -2.16. The maximum atomic E-state index is 12.9. The predicted octanol–water partition coefficient (Wildman–Crippen LogP) is 5.01. The number of benzene rings is 1. The minimum Gasteiger partial charge on any atom is -0.358 e. The van der Waals surface area contributed by atoms with Crippen LogP contribution in [-0.4, -0.2) is 9.97 Å². The number of nitrogens with one attached hydrogen (secondary N) is 1. The molecule has 0 aliphatic carbocycles. The molecule has 3 aromatic rings. The summed E-state index contributed by atoms with van der Waals surface area (Å²) in [6.45, 7) is 1.96. The molecule has 3 nitrogen and oxygen atoms in total. The second-order valence-electron chi connectivity index (χ2n) is 5.65. The van der Waals surface area contributed by atoms with Crippen molar-refractivity contribution in [1.29, 1.82) is 0 Å². The highest BCUT2D eigenvalue weighted by molar-refractivity contribution is 5.44. The minimum absolute atomic E-state index is 0.145. The van der Waals surface area contributed by atoms with Crippen LogP contribution in [0.25, 0.3) is 0 Å². The number of nitrogens with zero attached hydrogens (tertiary/aromatic N) is 2. The van der Waals surface area contributed by atoms with E-state index in [1.807, 2.05) is 43.3 Å². The quantitative estimate of drug-likeness (QED) is 0.724. The van der Waals surface area contributed by atoms with Crippen LogP contribution in [0.5, 0.6) is 0 Å². The number of alkyl halides is 3. The third-order valence-corrected chi connectivity index (χ3v) is 3.69. The van der Waals surface area contributed by atoms with Gasteiger partial charge in [-0.05, 0) is 36.8 Å². The van der Waals surface area contributed by atoms with Crippen molar-refractivity contribution in [2.75, 3.05) is 5.32 Å². The molecule has 0 radical (unpaired) electrons. The summed E-state index contributed by atoms with van der Waals surface area (Å²) in [6.07, 6.45) is -2.83. The molecule has 3 rings (SSSR count). The number of pyridine rings is 2. The number of aryl methyl sites for hydroxylation is 1. The van der Waals surface area contributed by atoms with E-state index in [0.717, 1.165) is 17.2 Å². The summed E-state index contributed by atoms with van der Waals surface area (Å²) in [4.78, 5) is 8.03. The zero-order chi connectivity index (χ0) is 17.9. The van der Waals surface area contributed by atoms with E-state index < -0.39 is 17.9 Å². The Balaban J connectivity index is 1.99. The summed E-state index contributed by atoms with van der Waals surface area (Å²) in [5, 5.41) is 3.08. The van der Waals surface area contributed by atoms with E-state index >= 15 is 0 Å². The summed E-state index contributed by atoms with van der Waals surface area (Å²) in [6, 6.07) is 16.6. The van der Waals surface area contributed by atoms with Crippen molar-refractivity contribution in [2.45, 2.75) is 19.1 Å². The first kappa shape index (κ1) is 17.0. The average Bonchev–Trinajstić information content (AvgIpc) is 2.60. The molecule has 1 atom stereocenters. The first-order valence-corrected chi connectivity index (χ1v) is 7.72. The van der Waals surface area contributed by atoms with Crippen molar-refractivity contribution < 1.29 is 13.2 Å². The Labute approximate surface area is 143 Å². The van der Waals surface area contributed by atoms with Crippen molar-refractivity contribution in [3.05, 3.63) is 89.4 Å². The lowest BCUT2D eigenvalue weighted by molar-refractivity contribution is -0.141. The largest absolute Gasteiger partial charge is 0.433 e. The number of anilines is 1. The predicted molar refractivity (Wildman–Crippen MR) is 90.1 cm³/mol. The third-order valence-electron chi connectivity index (χ3n) is 3.69. The molecular formula is C19H16F3N3. The van der Waals surface area contributed by atoms with Crippen molar-refractivity contribution in [2.24, 2.45) is 0 Å². The normalized spacial score (nSPS) is 12.6. The molecule has 2 aromatic heterocycles. The highest BCUT2D eigenvalue weighted by Gasteiger charge is 2.32. The second-order valence-corrected chi connectivity index (χ2v) is 5.65. The number of aromatic nitrogens is 2. The molecular weight excluding hydrogens is 327 g/mol. The number of rotatable bonds is 4. The molecule has 0 bridgehead atoms. The van der Waals surface area contributed by atoms with Crippen LogP contribution < -0.4 is 5.32 Å². The van der Waals surface area contributed by atoms with Crippen LogP contribution in [-0.2, 0) is 6.18 Å². The smallest absolute Gasteiger partial charge is 0.358 e. The van der Waals surface area contributed by atoms with Crippen LogP contribution in [0.3, 0.4) is 0 Å².